The third-order valence-corrected chi connectivity index (χ3v) is 6.95. The Morgan fingerprint density at radius 3 is 2.73 bits per heavy atom. The zero-order valence-electron chi connectivity index (χ0n) is 18.3. The normalized spacial score (nSPS) is 13.7. The van der Waals surface area contributed by atoms with E-state index in [0.29, 0.717) is 24.9 Å². The first kappa shape index (κ1) is 23.3. The van der Waals surface area contributed by atoms with Gasteiger partial charge in [-0.2, -0.15) is 0 Å². The molecule has 0 bridgehead atoms. The lowest BCUT2D eigenvalue weighted by Gasteiger charge is -2.28. The van der Waals surface area contributed by atoms with E-state index in [1.165, 1.54) is 16.6 Å². The molecule has 4 rings (SSSR count). The van der Waals surface area contributed by atoms with Crippen LogP contribution in [0.3, 0.4) is 0 Å². The number of amides is 3. The van der Waals surface area contributed by atoms with Crippen LogP contribution in [0.4, 0.5) is 10.7 Å². The number of carbonyl (C=O) groups excluding carboxylic acids is 2. The molecule has 3 aromatic rings. The van der Waals surface area contributed by atoms with Gasteiger partial charge in [-0.3, -0.25) is 14.7 Å². The van der Waals surface area contributed by atoms with Gasteiger partial charge in [0.1, 0.15) is 0 Å². The fourth-order valence-electron chi connectivity index (χ4n) is 3.44. The number of benzene rings is 1. The molecule has 1 aliphatic rings. The van der Waals surface area contributed by atoms with Crippen LogP contribution in [0.5, 0.6) is 0 Å². The van der Waals surface area contributed by atoms with Crippen LogP contribution in [0.1, 0.15) is 10.4 Å². The minimum absolute atomic E-state index is 0.0471. The van der Waals surface area contributed by atoms with E-state index in [0.717, 1.165) is 36.7 Å². The van der Waals surface area contributed by atoms with Gasteiger partial charge in [-0.05, 0) is 36.4 Å². The molecule has 11 heteroatoms. The monoisotopic (exact) mass is 486 g/mol. The predicted molar refractivity (Wildman–Crippen MR) is 129 cm³/mol. The number of anilines is 1. The highest BCUT2D eigenvalue weighted by Crippen LogP contribution is 2.28. The molecule has 1 saturated heterocycles. The first-order valence-corrected chi connectivity index (χ1v) is 12.6. The highest BCUT2D eigenvalue weighted by atomic mass is 32.2. The fraction of sp³-hybridized carbons (Fsp3) is 0.364. The maximum absolute atomic E-state index is 12.4. The third-order valence-electron chi connectivity index (χ3n) is 5.09. The molecular weight excluding hydrogens is 460 g/mol. The van der Waals surface area contributed by atoms with Gasteiger partial charge >= 0.3 is 6.03 Å². The summed E-state index contributed by atoms with van der Waals surface area (Å²) >= 11 is 2.89. The number of imide groups is 1. The summed E-state index contributed by atoms with van der Waals surface area (Å²) in [6.07, 6.45) is 0.734. The molecule has 1 fully saturated rings. The van der Waals surface area contributed by atoms with Crippen molar-refractivity contribution >= 4 is 41.0 Å². The molecule has 3 heterocycles. The molecule has 2 N–H and O–H groups in total. The largest absolute Gasteiger partial charge is 0.378 e. The smallest absolute Gasteiger partial charge is 0.321 e. The Hall–Kier alpha value is -2.89. The second-order valence-corrected chi connectivity index (χ2v) is 9.40. The maximum Gasteiger partial charge on any atom is 0.321 e. The Kier molecular flexibility index (Phi) is 7.97. The number of hydrogen-bond acceptors (Lipinski definition) is 8. The number of nitrogens with one attached hydrogen (secondary N) is 2. The average molecular weight is 487 g/mol. The number of carbonyl (C=O) groups is 2. The van der Waals surface area contributed by atoms with Crippen molar-refractivity contribution in [3.05, 3.63) is 52.2 Å². The first-order chi connectivity index (χ1) is 16.1. The zero-order chi connectivity index (χ0) is 23.0. The highest BCUT2D eigenvalue weighted by Gasteiger charge is 2.23. The quantitative estimate of drug-likeness (QED) is 0.472. The Labute approximate surface area is 200 Å². The van der Waals surface area contributed by atoms with Crippen molar-refractivity contribution < 1.29 is 14.3 Å². The molecule has 0 radical (unpaired) electrons. The highest BCUT2D eigenvalue weighted by molar-refractivity contribution is 7.99. The van der Waals surface area contributed by atoms with Gasteiger partial charge in [0.25, 0.3) is 0 Å². The van der Waals surface area contributed by atoms with E-state index < -0.39 is 6.03 Å². The summed E-state index contributed by atoms with van der Waals surface area (Å²) in [5, 5.41) is 16.5. The summed E-state index contributed by atoms with van der Waals surface area (Å²) in [7, 11) is 0. The van der Waals surface area contributed by atoms with Crippen molar-refractivity contribution in [1.29, 1.82) is 0 Å². The summed E-state index contributed by atoms with van der Waals surface area (Å²) in [6, 6.07) is 11.5. The van der Waals surface area contributed by atoms with Crippen LogP contribution in [0.15, 0.2) is 46.9 Å². The standard InChI is InChI=1S/C22H26N6O3S2/c1-16-5-2-3-7-18(16)28-21(27-10-12-31-13-11-27)25-26-22(28)33-15-19(29)24-20(30)23-9-8-17-6-4-14-32-17/h2-7,14H,8-13,15H2,1H3,(H2,23,24,29,30). The SMILES string of the molecule is Cc1ccccc1-n1c(SCC(=O)NC(=O)NCCc2cccs2)nnc1N1CCOCC1. The number of morpholine rings is 1. The number of thioether (sulfide) groups is 1. The minimum atomic E-state index is -0.494. The van der Waals surface area contributed by atoms with Crippen LogP contribution >= 0.6 is 23.1 Å². The minimum Gasteiger partial charge on any atom is -0.378 e. The zero-order valence-corrected chi connectivity index (χ0v) is 20.0. The van der Waals surface area contributed by atoms with Crippen LogP contribution in [-0.2, 0) is 16.0 Å². The van der Waals surface area contributed by atoms with E-state index in [1.54, 1.807) is 11.3 Å². The molecular formula is C22H26N6O3S2. The van der Waals surface area contributed by atoms with E-state index in [2.05, 4.69) is 25.7 Å². The summed E-state index contributed by atoms with van der Waals surface area (Å²) in [4.78, 5) is 27.7. The van der Waals surface area contributed by atoms with Gasteiger partial charge < -0.3 is 15.0 Å². The van der Waals surface area contributed by atoms with Crippen molar-refractivity contribution in [2.75, 3.05) is 43.5 Å². The summed E-state index contributed by atoms with van der Waals surface area (Å²) < 4.78 is 7.44. The number of aryl methyl sites for hydroxylation is 1. The third kappa shape index (κ3) is 6.12. The Morgan fingerprint density at radius 2 is 1.97 bits per heavy atom. The van der Waals surface area contributed by atoms with Crippen LogP contribution < -0.4 is 15.5 Å². The molecule has 9 nitrogen and oxygen atoms in total. The Bertz CT molecular complexity index is 1080. The molecule has 174 valence electrons. The van der Waals surface area contributed by atoms with Crippen molar-refractivity contribution in [1.82, 2.24) is 25.4 Å². The molecule has 1 aliphatic heterocycles. The Balaban J connectivity index is 1.39. The number of ether oxygens (including phenoxy) is 1. The molecule has 0 spiro atoms. The lowest BCUT2D eigenvalue weighted by molar-refractivity contribution is -0.117. The van der Waals surface area contributed by atoms with Gasteiger partial charge in [0.15, 0.2) is 5.16 Å². The van der Waals surface area contributed by atoms with Crippen molar-refractivity contribution in [2.24, 2.45) is 0 Å². The number of thiophene rings is 1. The number of rotatable bonds is 8. The van der Waals surface area contributed by atoms with Gasteiger partial charge in [-0.15, -0.1) is 21.5 Å². The van der Waals surface area contributed by atoms with Crippen LogP contribution in [-0.4, -0.2) is 65.3 Å². The molecule has 1 aromatic carbocycles. The number of hydrogen-bond donors (Lipinski definition) is 2. The maximum atomic E-state index is 12.4. The lowest BCUT2D eigenvalue weighted by Crippen LogP contribution is -2.41. The molecule has 0 unspecified atom stereocenters. The summed E-state index contributed by atoms with van der Waals surface area (Å²) in [6.45, 7) is 5.21. The first-order valence-electron chi connectivity index (χ1n) is 10.7. The molecule has 0 saturated carbocycles. The molecule has 2 aromatic heterocycles. The van der Waals surface area contributed by atoms with Crippen molar-refractivity contribution in [2.45, 2.75) is 18.5 Å². The van der Waals surface area contributed by atoms with Crippen LogP contribution in [0, 0.1) is 6.92 Å². The molecule has 33 heavy (non-hydrogen) atoms. The van der Waals surface area contributed by atoms with Gasteiger partial charge in [0, 0.05) is 24.5 Å². The number of para-hydroxylation sites is 1. The lowest BCUT2D eigenvalue weighted by atomic mass is 10.2. The van der Waals surface area contributed by atoms with Crippen molar-refractivity contribution in [3.63, 3.8) is 0 Å². The van der Waals surface area contributed by atoms with Gasteiger partial charge in [-0.25, -0.2) is 4.79 Å². The molecule has 0 atom stereocenters. The van der Waals surface area contributed by atoms with E-state index in [1.807, 2.05) is 53.3 Å². The summed E-state index contributed by atoms with van der Waals surface area (Å²) in [5.41, 5.74) is 2.03. The van der Waals surface area contributed by atoms with Crippen LogP contribution in [0.2, 0.25) is 0 Å². The fourth-order valence-corrected chi connectivity index (χ4v) is 4.89. The topological polar surface area (TPSA) is 101 Å². The van der Waals surface area contributed by atoms with E-state index in [9.17, 15) is 9.59 Å². The average Bonchev–Trinajstić information content (AvgIpc) is 3.49. The number of urea groups is 1. The van der Waals surface area contributed by atoms with Crippen molar-refractivity contribution in [3.8, 4) is 5.69 Å². The van der Waals surface area contributed by atoms with E-state index in [4.69, 9.17) is 4.74 Å². The number of nitrogens with zero attached hydrogens (tertiary/aromatic N) is 4. The molecule has 3 amide bonds. The van der Waals surface area contributed by atoms with Gasteiger partial charge in [-0.1, -0.05) is 36.0 Å². The number of aromatic nitrogens is 3. The van der Waals surface area contributed by atoms with Crippen LogP contribution in [0.25, 0.3) is 5.69 Å². The van der Waals surface area contributed by atoms with Gasteiger partial charge in [0.05, 0.1) is 24.7 Å². The predicted octanol–water partition coefficient (Wildman–Crippen LogP) is 2.63. The van der Waals surface area contributed by atoms with Gasteiger partial charge in [0.2, 0.25) is 11.9 Å². The van der Waals surface area contributed by atoms with E-state index >= 15 is 0 Å². The van der Waals surface area contributed by atoms with E-state index in [-0.39, 0.29) is 11.7 Å². The summed E-state index contributed by atoms with van der Waals surface area (Å²) in [5.74, 6) is 0.383. The molecule has 0 aliphatic carbocycles. The second-order valence-electron chi connectivity index (χ2n) is 7.43. The Morgan fingerprint density at radius 1 is 1.15 bits per heavy atom. The second kappa shape index (κ2) is 11.3.